The van der Waals surface area contributed by atoms with Crippen molar-refractivity contribution in [2.24, 2.45) is 0 Å². The quantitative estimate of drug-likeness (QED) is 0.224. The number of para-hydroxylation sites is 2. The highest BCUT2D eigenvalue weighted by molar-refractivity contribution is 7.26. The van der Waals surface area contributed by atoms with Gasteiger partial charge in [0.1, 0.15) is 11.1 Å². The van der Waals surface area contributed by atoms with Crippen LogP contribution < -0.4 is 0 Å². The summed E-state index contributed by atoms with van der Waals surface area (Å²) in [5.41, 5.74) is 8.73. The Morgan fingerprint density at radius 3 is 2.08 bits per heavy atom. The number of benzene rings is 6. The molecule has 0 atom stereocenters. The van der Waals surface area contributed by atoms with Gasteiger partial charge in [-0.05, 0) is 57.8 Å². The van der Waals surface area contributed by atoms with Gasteiger partial charge in [-0.15, -0.1) is 11.3 Å². The van der Waals surface area contributed by atoms with Crippen LogP contribution in [0.15, 0.2) is 126 Å². The van der Waals surface area contributed by atoms with Crippen molar-refractivity contribution in [3.8, 4) is 22.3 Å². The van der Waals surface area contributed by atoms with Crippen molar-refractivity contribution in [1.29, 1.82) is 0 Å². The van der Waals surface area contributed by atoms with E-state index in [0.29, 0.717) is 5.71 Å². The fourth-order valence-corrected chi connectivity index (χ4v) is 7.28. The van der Waals surface area contributed by atoms with Crippen LogP contribution in [0.3, 0.4) is 0 Å². The first-order valence-electron chi connectivity index (χ1n) is 13.3. The average molecular weight is 529 g/mol. The van der Waals surface area contributed by atoms with Crippen molar-refractivity contribution in [2.45, 2.75) is 0 Å². The van der Waals surface area contributed by atoms with Crippen molar-refractivity contribution in [3.05, 3.63) is 121 Å². The van der Waals surface area contributed by atoms with E-state index in [1.807, 2.05) is 41.7 Å². The molecule has 9 rings (SSSR count). The van der Waals surface area contributed by atoms with Crippen molar-refractivity contribution in [2.75, 3.05) is 0 Å². The van der Waals surface area contributed by atoms with Gasteiger partial charge in [-0.1, -0.05) is 91.0 Å². The van der Waals surface area contributed by atoms with Gasteiger partial charge < -0.3 is 4.42 Å². The molecule has 0 saturated carbocycles. The molecule has 3 nitrogen and oxygen atoms in total. The number of fused-ring (bicyclic) bond motifs is 8. The zero-order valence-corrected chi connectivity index (χ0v) is 22.1. The van der Waals surface area contributed by atoms with Crippen LogP contribution in [0.25, 0.3) is 86.4 Å². The molecule has 6 aromatic carbocycles. The normalized spacial score (nSPS) is 12.0. The summed E-state index contributed by atoms with van der Waals surface area (Å²) in [6, 6.07) is 42.9. The van der Waals surface area contributed by atoms with Crippen LogP contribution >= 0.6 is 11.3 Å². The molecule has 0 aliphatic rings. The highest BCUT2D eigenvalue weighted by Crippen LogP contribution is 2.43. The number of aromatic nitrogens is 2. The molecule has 9 aromatic rings. The third-order valence-corrected chi connectivity index (χ3v) is 9.13. The molecule has 0 unspecified atom stereocenters. The molecule has 0 N–H and O–H groups in total. The van der Waals surface area contributed by atoms with Crippen molar-refractivity contribution < 1.29 is 4.42 Å². The summed E-state index contributed by atoms with van der Waals surface area (Å²) < 4.78 is 8.76. The summed E-state index contributed by atoms with van der Waals surface area (Å²) in [7, 11) is 0. The maximum Gasteiger partial charge on any atom is 0.246 e. The number of hydrogen-bond donors (Lipinski definition) is 0. The van der Waals surface area contributed by atoms with Gasteiger partial charge in [0, 0.05) is 31.1 Å². The summed E-state index contributed by atoms with van der Waals surface area (Å²) in [5, 5.41) is 6.09. The van der Waals surface area contributed by atoms with E-state index in [1.54, 1.807) is 0 Å². The van der Waals surface area contributed by atoms with Gasteiger partial charge in [-0.3, -0.25) is 0 Å². The lowest BCUT2D eigenvalue weighted by Crippen LogP contribution is -1.87. The Morgan fingerprint density at radius 1 is 0.500 bits per heavy atom. The number of thiophene rings is 1. The number of rotatable bonds is 2. The molecule has 186 valence electrons. The van der Waals surface area contributed by atoms with Crippen LogP contribution in [0.4, 0.5) is 0 Å². The zero-order valence-electron chi connectivity index (χ0n) is 21.3. The van der Waals surface area contributed by atoms with Crippen LogP contribution in [0.2, 0.25) is 0 Å². The van der Waals surface area contributed by atoms with Crippen LogP contribution in [0, 0.1) is 0 Å². The van der Waals surface area contributed by atoms with Crippen molar-refractivity contribution in [1.82, 2.24) is 9.97 Å². The molecule has 0 radical (unpaired) electrons. The Kier molecular flexibility index (Phi) is 4.48. The fraction of sp³-hybridized carbons (Fsp3) is 0. The van der Waals surface area contributed by atoms with Gasteiger partial charge in [0.2, 0.25) is 5.71 Å². The SMILES string of the molecule is c1ccc2nc3c(nc2c1)oc1ccc(-c2ccc(-c4cccc5c4sc4ccccc45)c4ccccc24)cc13. The number of hydrogen-bond acceptors (Lipinski definition) is 4. The lowest BCUT2D eigenvalue weighted by molar-refractivity contribution is 0.655. The second-order valence-electron chi connectivity index (χ2n) is 10.2. The maximum absolute atomic E-state index is 6.11. The van der Waals surface area contributed by atoms with E-state index in [2.05, 4.69) is 91.0 Å². The minimum absolute atomic E-state index is 0.572. The van der Waals surface area contributed by atoms with E-state index in [4.69, 9.17) is 14.4 Å². The summed E-state index contributed by atoms with van der Waals surface area (Å²) in [6.07, 6.45) is 0. The van der Waals surface area contributed by atoms with Gasteiger partial charge in [0.05, 0.1) is 11.0 Å². The largest absolute Gasteiger partial charge is 0.436 e. The van der Waals surface area contributed by atoms with Gasteiger partial charge in [0.15, 0.2) is 0 Å². The molecular formula is C36H20N2OS. The Labute approximate surface area is 233 Å². The molecule has 0 spiro atoms. The van der Waals surface area contributed by atoms with E-state index in [1.165, 1.54) is 47.6 Å². The van der Waals surface area contributed by atoms with Crippen molar-refractivity contribution >= 4 is 75.5 Å². The monoisotopic (exact) mass is 528 g/mol. The minimum Gasteiger partial charge on any atom is -0.436 e. The van der Waals surface area contributed by atoms with E-state index < -0.39 is 0 Å². The predicted octanol–water partition coefficient (Wildman–Crippen LogP) is 10.4. The first-order chi connectivity index (χ1) is 19.8. The van der Waals surface area contributed by atoms with Gasteiger partial charge >= 0.3 is 0 Å². The Morgan fingerprint density at radius 2 is 1.20 bits per heavy atom. The molecule has 0 amide bonds. The second kappa shape index (κ2) is 8.22. The lowest BCUT2D eigenvalue weighted by atomic mass is 9.91. The summed E-state index contributed by atoms with van der Waals surface area (Å²) in [5.74, 6) is 0. The molecule has 0 bridgehead atoms. The lowest BCUT2D eigenvalue weighted by Gasteiger charge is -2.13. The fourth-order valence-electron chi connectivity index (χ4n) is 6.05. The molecule has 3 heterocycles. The van der Waals surface area contributed by atoms with Gasteiger partial charge in [-0.25, -0.2) is 9.97 Å². The molecule has 4 heteroatoms. The minimum atomic E-state index is 0.572. The van der Waals surface area contributed by atoms with Crippen LogP contribution in [-0.2, 0) is 0 Å². The highest BCUT2D eigenvalue weighted by Gasteiger charge is 2.16. The second-order valence-corrected chi connectivity index (χ2v) is 11.2. The first-order valence-corrected chi connectivity index (χ1v) is 14.2. The first kappa shape index (κ1) is 21.8. The Bertz CT molecular complexity index is 2450. The molecule has 40 heavy (non-hydrogen) atoms. The van der Waals surface area contributed by atoms with Crippen molar-refractivity contribution in [3.63, 3.8) is 0 Å². The average Bonchev–Trinajstić information content (AvgIpc) is 3.57. The van der Waals surface area contributed by atoms with Crippen LogP contribution in [-0.4, -0.2) is 9.97 Å². The molecule has 3 aromatic heterocycles. The third kappa shape index (κ3) is 3.11. The Balaban J connectivity index is 1.27. The molecule has 0 aliphatic carbocycles. The topological polar surface area (TPSA) is 38.9 Å². The number of nitrogens with zero attached hydrogens (tertiary/aromatic N) is 2. The van der Waals surface area contributed by atoms with E-state index in [-0.39, 0.29) is 0 Å². The van der Waals surface area contributed by atoms with E-state index in [0.717, 1.165) is 33.1 Å². The van der Waals surface area contributed by atoms with Gasteiger partial charge in [0.25, 0.3) is 0 Å². The van der Waals surface area contributed by atoms with E-state index >= 15 is 0 Å². The third-order valence-electron chi connectivity index (χ3n) is 7.91. The zero-order chi connectivity index (χ0) is 26.2. The Hall–Kier alpha value is -5.06. The molecule has 0 saturated heterocycles. The number of furan rings is 1. The smallest absolute Gasteiger partial charge is 0.246 e. The molecule has 0 fully saturated rings. The highest BCUT2D eigenvalue weighted by atomic mass is 32.1. The van der Waals surface area contributed by atoms with Crippen LogP contribution in [0.5, 0.6) is 0 Å². The van der Waals surface area contributed by atoms with E-state index in [9.17, 15) is 0 Å². The molecule has 0 aliphatic heterocycles. The maximum atomic E-state index is 6.11. The summed E-state index contributed by atoms with van der Waals surface area (Å²) in [4.78, 5) is 9.63. The standard InChI is InChI=1S/C36H20N2OS/c1-2-9-24-23(8-1)22(17-18-25(24)27-11-7-12-28-26-10-3-6-15-33(26)40-35(27)28)21-16-19-32-29(20-21)34-36(39-32)38-31-14-5-4-13-30(31)37-34/h1-20H. The predicted molar refractivity (Wildman–Crippen MR) is 168 cm³/mol. The summed E-state index contributed by atoms with van der Waals surface area (Å²) >= 11 is 1.87. The molecular weight excluding hydrogens is 508 g/mol. The van der Waals surface area contributed by atoms with Gasteiger partial charge in [-0.2, -0.15) is 0 Å². The summed E-state index contributed by atoms with van der Waals surface area (Å²) in [6.45, 7) is 0. The van der Waals surface area contributed by atoms with Crippen LogP contribution in [0.1, 0.15) is 0 Å².